The van der Waals surface area contributed by atoms with Gasteiger partial charge in [0.05, 0.1) is 17.2 Å². The molecule has 0 fully saturated rings. The number of ether oxygens (including phenoxy) is 2. The van der Waals surface area contributed by atoms with Gasteiger partial charge in [0.15, 0.2) is 6.10 Å². The molecule has 166 valence electrons. The summed E-state index contributed by atoms with van der Waals surface area (Å²) in [6.45, 7) is 1.11. The van der Waals surface area contributed by atoms with Crippen molar-refractivity contribution >= 4 is 28.5 Å². The Morgan fingerprint density at radius 3 is 2.36 bits per heavy atom. The average Bonchev–Trinajstić information content (AvgIpc) is 2.83. The summed E-state index contributed by atoms with van der Waals surface area (Å²) in [5.41, 5.74) is 0.714. The maximum absolute atomic E-state index is 12.5. The van der Waals surface area contributed by atoms with Gasteiger partial charge in [0, 0.05) is 5.69 Å². The zero-order chi connectivity index (χ0) is 23.2. The Bertz CT molecular complexity index is 1330. The van der Waals surface area contributed by atoms with E-state index in [-0.39, 0.29) is 12.1 Å². The van der Waals surface area contributed by atoms with Gasteiger partial charge < -0.3 is 14.8 Å². The minimum absolute atomic E-state index is 0.347. The van der Waals surface area contributed by atoms with Gasteiger partial charge in [-0.1, -0.05) is 30.3 Å². The van der Waals surface area contributed by atoms with Crippen molar-refractivity contribution in [2.24, 2.45) is 0 Å². The van der Waals surface area contributed by atoms with Gasteiger partial charge in [-0.3, -0.25) is 19.0 Å². The zero-order valence-electron chi connectivity index (χ0n) is 17.8. The smallest absolute Gasteiger partial charge is 0.326 e. The van der Waals surface area contributed by atoms with Crippen LogP contribution >= 0.6 is 0 Å². The van der Waals surface area contributed by atoms with Crippen molar-refractivity contribution in [3.05, 3.63) is 95.5 Å². The third-order valence-electron chi connectivity index (χ3n) is 4.81. The number of aromatic nitrogens is 2. The van der Waals surface area contributed by atoms with E-state index in [4.69, 9.17) is 9.47 Å². The van der Waals surface area contributed by atoms with Gasteiger partial charge in [-0.15, -0.1) is 0 Å². The summed E-state index contributed by atoms with van der Waals surface area (Å²) in [5, 5.41) is 3.09. The minimum atomic E-state index is -1.05. The summed E-state index contributed by atoms with van der Waals surface area (Å²) in [4.78, 5) is 41.4. The maximum Gasteiger partial charge on any atom is 0.326 e. The van der Waals surface area contributed by atoms with Crippen molar-refractivity contribution in [1.29, 1.82) is 0 Å². The molecular weight excluding hydrogens is 422 g/mol. The Balaban J connectivity index is 1.32. The molecule has 0 bridgehead atoms. The second-order valence-electron chi connectivity index (χ2n) is 7.26. The van der Waals surface area contributed by atoms with E-state index in [1.54, 1.807) is 48.5 Å². The van der Waals surface area contributed by atoms with Crippen LogP contribution in [0.3, 0.4) is 0 Å². The quantitative estimate of drug-likeness (QED) is 0.437. The molecule has 0 aliphatic heterocycles. The first-order chi connectivity index (χ1) is 16.0. The molecule has 0 spiro atoms. The Morgan fingerprint density at radius 2 is 1.61 bits per heavy atom. The predicted octanol–water partition coefficient (Wildman–Crippen LogP) is 3.76. The van der Waals surface area contributed by atoms with Gasteiger partial charge in [0.2, 0.25) is 0 Å². The Hall–Kier alpha value is -4.46. The van der Waals surface area contributed by atoms with Crippen LogP contribution in [0.4, 0.5) is 5.69 Å². The van der Waals surface area contributed by atoms with E-state index < -0.39 is 18.0 Å². The van der Waals surface area contributed by atoms with Gasteiger partial charge in [-0.05, 0) is 55.5 Å². The van der Waals surface area contributed by atoms with Gasteiger partial charge in [0.1, 0.15) is 18.0 Å². The molecule has 1 atom stereocenters. The lowest BCUT2D eigenvalue weighted by atomic mass is 10.2. The summed E-state index contributed by atoms with van der Waals surface area (Å²) in [6, 6.07) is 23.0. The second kappa shape index (κ2) is 9.78. The Morgan fingerprint density at radius 1 is 0.939 bits per heavy atom. The number of carbonyl (C=O) groups is 2. The molecule has 3 aromatic carbocycles. The molecule has 8 nitrogen and oxygen atoms in total. The van der Waals surface area contributed by atoms with Crippen molar-refractivity contribution in [2.75, 3.05) is 5.32 Å². The summed E-state index contributed by atoms with van der Waals surface area (Å²) in [6.07, 6.45) is 0.234. The largest absolute Gasteiger partial charge is 0.457 e. The summed E-state index contributed by atoms with van der Waals surface area (Å²) < 4.78 is 12.1. The summed E-state index contributed by atoms with van der Waals surface area (Å²) >= 11 is 0. The van der Waals surface area contributed by atoms with Crippen molar-refractivity contribution in [3.8, 4) is 11.5 Å². The number of nitrogens with one attached hydrogen (secondary N) is 1. The molecular formula is C25H21N3O5. The van der Waals surface area contributed by atoms with Crippen LogP contribution in [0.25, 0.3) is 10.9 Å². The molecule has 4 rings (SSSR count). The zero-order valence-corrected chi connectivity index (χ0v) is 17.8. The van der Waals surface area contributed by atoms with Crippen LogP contribution in [0.1, 0.15) is 6.92 Å². The first-order valence-electron chi connectivity index (χ1n) is 10.3. The number of fused-ring (bicyclic) bond motifs is 1. The van der Waals surface area contributed by atoms with Crippen molar-refractivity contribution in [1.82, 2.24) is 9.55 Å². The summed E-state index contributed by atoms with van der Waals surface area (Å²) in [5.74, 6) is 0.108. The van der Waals surface area contributed by atoms with Crippen molar-refractivity contribution < 1.29 is 19.1 Å². The number of hydrogen-bond acceptors (Lipinski definition) is 6. The van der Waals surface area contributed by atoms with E-state index in [1.165, 1.54) is 13.3 Å². The standard InChI is InChI=1S/C25H21N3O5/c1-17(32-23(29)15-28-16-26-22-10-6-5-9-21(22)25(28)31)24(30)27-18-11-13-20(14-12-18)33-19-7-3-2-4-8-19/h2-14,16-17H,15H2,1H3,(H,27,30). The SMILES string of the molecule is CC(OC(=O)Cn1cnc2ccccc2c1=O)C(=O)Nc1ccc(Oc2ccccc2)cc1. The highest BCUT2D eigenvalue weighted by molar-refractivity contribution is 5.95. The summed E-state index contributed by atoms with van der Waals surface area (Å²) in [7, 11) is 0. The molecule has 4 aromatic rings. The second-order valence-corrected chi connectivity index (χ2v) is 7.26. The van der Waals surface area contributed by atoms with E-state index in [9.17, 15) is 14.4 Å². The lowest BCUT2D eigenvalue weighted by Gasteiger charge is -2.14. The number of benzene rings is 3. The van der Waals surface area contributed by atoms with Crippen LogP contribution in [-0.2, 0) is 20.9 Å². The first kappa shape index (κ1) is 21.8. The minimum Gasteiger partial charge on any atom is -0.457 e. The van der Waals surface area contributed by atoms with E-state index in [0.29, 0.717) is 28.1 Å². The molecule has 1 N–H and O–H groups in total. The highest BCUT2D eigenvalue weighted by atomic mass is 16.5. The molecule has 1 heterocycles. The van der Waals surface area contributed by atoms with Gasteiger partial charge in [0.25, 0.3) is 11.5 Å². The Labute approximate surface area is 189 Å². The fourth-order valence-electron chi connectivity index (χ4n) is 3.12. The van der Waals surface area contributed by atoms with Gasteiger partial charge in [-0.2, -0.15) is 0 Å². The highest BCUT2D eigenvalue weighted by Crippen LogP contribution is 2.22. The molecule has 0 radical (unpaired) electrons. The van der Waals surface area contributed by atoms with Crippen LogP contribution in [0.15, 0.2) is 90.0 Å². The predicted molar refractivity (Wildman–Crippen MR) is 123 cm³/mol. The molecule has 0 aliphatic rings. The van der Waals surface area contributed by atoms with Crippen molar-refractivity contribution in [2.45, 2.75) is 19.6 Å². The van der Waals surface area contributed by atoms with E-state index in [2.05, 4.69) is 10.3 Å². The third kappa shape index (κ3) is 5.43. The van der Waals surface area contributed by atoms with E-state index >= 15 is 0 Å². The lowest BCUT2D eigenvalue weighted by molar-refractivity contribution is -0.153. The van der Waals surface area contributed by atoms with E-state index in [0.717, 1.165) is 4.57 Å². The molecule has 33 heavy (non-hydrogen) atoms. The molecule has 0 saturated heterocycles. The van der Waals surface area contributed by atoms with Gasteiger partial charge >= 0.3 is 5.97 Å². The number of amides is 1. The number of nitrogens with zero attached hydrogens (tertiary/aromatic N) is 2. The molecule has 1 aromatic heterocycles. The number of rotatable bonds is 7. The highest BCUT2D eigenvalue weighted by Gasteiger charge is 2.19. The number of anilines is 1. The molecule has 1 unspecified atom stereocenters. The first-order valence-corrected chi connectivity index (χ1v) is 10.3. The normalized spacial score (nSPS) is 11.5. The molecule has 0 aliphatic carbocycles. The maximum atomic E-state index is 12.5. The molecule has 8 heteroatoms. The topological polar surface area (TPSA) is 99.5 Å². The van der Waals surface area contributed by atoms with Crippen LogP contribution in [0, 0.1) is 0 Å². The fraction of sp³-hybridized carbons (Fsp3) is 0.120. The number of carbonyl (C=O) groups excluding carboxylic acids is 2. The van der Waals surface area contributed by atoms with Gasteiger partial charge in [-0.25, -0.2) is 4.98 Å². The number of hydrogen-bond donors (Lipinski definition) is 1. The monoisotopic (exact) mass is 443 g/mol. The van der Waals surface area contributed by atoms with Crippen LogP contribution in [0.2, 0.25) is 0 Å². The fourth-order valence-corrected chi connectivity index (χ4v) is 3.12. The number of para-hydroxylation sites is 2. The van der Waals surface area contributed by atoms with Crippen LogP contribution in [-0.4, -0.2) is 27.5 Å². The molecule has 0 saturated carbocycles. The number of esters is 1. The lowest BCUT2D eigenvalue weighted by Crippen LogP contribution is -2.33. The third-order valence-corrected chi connectivity index (χ3v) is 4.81. The Kier molecular flexibility index (Phi) is 6.45. The van der Waals surface area contributed by atoms with Crippen LogP contribution < -0.4 is 15.6 Å². The van der Waals surface area contributed by atoms with E-state index in [1.807, 2.05) is 30.3 Å². The van der Waals surface area contributed by atoms with Crippen LogP contribution in [0.5, 0.6) is 11.5 Å². The average molecular weight is 443 g/mol. The van der Waals surface area contributed by atoms with Crippen molar-refractivity contribution in [3.63, 3.8) is 0 Å². The molecule has 1 amide bonds.